The number of amides is 1. The van der Waals surface area contributed by atoms with Crippen LogP contribution < -0.4 is 5.32 Å². The van der Waals surface area contributed by atoms with Crippen LogP contribution in [0.15, 0.2) is 60.7 Å². The number of likely N-dealkylation sites (tertiary alicyclic amines) is 1. The van der Waals surface area contributed by atoms with Gasteiger partial charge in [0.25, 0.3) is 0 Å². The standard InChI is InChI=1S/C23H30N2O/c1-19(21-10-6-3-7-11-21)18-25-16-13-22(14-17-25)23(26)24-15-12-20-8-4-2-5-9-20/h2-11,19,22H,12-18H2,1H3,(H,24,26). The van der Waals surface area contributed by atoms with E-state index in [1.54, 1.807) is 0 Å². The van der Waals surface area contributed by atoms with Gasteiger partial charge in [0, 0.05) is 19.0 Å². The molecule has 1 saturated heterocycles. The maximum atomic E-state index is 12.4. The third kappa shape index (κ3) is 5.43. The molecule has 2 aromatic carbocycles. The van der Waals surface area contributed by atoms with Crippen LogP contribution in [0.25, 0.3) is 0 Å². The zero-order chi connectivity index (χ0) is 18.2. The van der Waals surface area contributed by atoms with E-state index >= 15 is 0 Å². The SMILES string of the molecule is CC(CN1CCC(C(=O)NCCc2ccccc2)CC1)c1ccccc1. The Balaban J connectivity index is 1.37. The van der Waals surface area contributed by atoms with Gasteiger partial charge in [-0.3, -0.25) is 4.79 Å². The quantitative estimate of drug-likeness (QED) is 0.822. The average Bonchev–Trinajstić information content (AvgIpc) is 2.70. The monoisotopic (exact) mass is 350 g/mol. The Morgan fingerprint density at radius 3 is 2.31 bits per heavy atom. The van der Waals surface area contributed by atoms with Gasteiger partial charge in [-0.05, 0) is 49.4 Å². The van der Waals surface area contributed by atoms with Crippen LogP contribution in [0, 0.1) is 5.92 Å². The van der Waals surface area contributed by atoms with E-state index in [0.717, 1.165) is 45.4 Å². The van der Waals surface area contributed by atoms with Gasteiger partial charge in [0.2, 0.25) is 5.91 Å². The fourth-order valence-corrected chi connectivity index (χ4v) is 3.77. The van der Waals surface area contributed by atoms with E-state index in [4.69, 9.17) is 0 Å². The van der Waals surface area contributed by atoms with E-state index in [0.29, 0.717) is 5.92 Å². The minimum atomic E-state index is 0.175. The maximum Gasteiger partial charge on any atom is 0.223 e. The number of rotatable bonds is 7. The minimum absolute atomic E-state index is 0.175. The topological polar surface area (TPSA) is 32.3 Å². The van der Waals surface area contributed by atoms with Crippen LogP contribution in [-0.4, -0.2) is 37.0 Å². The van der Waals surface area contributed by atoms with E-state index in [1.807, 2.05) is 18.2 Å². The molecule has 1 N–H and O–H groups in total. The number of piperidine rings is 1. The van der Waals surface area contributed by atoms with Crippen molar-refractivity contribution in [2.24, 2.45) is 5.92 Å². The molecule has 0 radical (unpaired) electrons. The molecule has 3 nitrogen and oxygen atoms in total. The van der Waals surface area contributed by atoms with E-state index in [9.17, 15) is 4.79 Å². The Labute approximate surface area is 157 Å². The molecule has 0 bridgehead atoms. The lowest BCUT2D eigenvalue weighted by atomic mass is 9.94. The number of nitrogens with one attached hydrogen (secondary N) is 1. The first-order chi connectivity index (χ1) is 12.7. The molecule has 1 fully saturated rings. The van der Waals surface area contributed by atoms with Gasteiger partial charge >= 0.3 is 0 Å². The van der Waals surface area contributed by atoms with Crippen LogP contribution in [-0.2, 0) is 11.2 Å². The Morgan fingerprint density at radius 2 is 1.65 bits per heavy atom. The zero-order valence-electron chi connectivity index (χ0n) is 15.7. The molecule has 0 aromatic heterocycles. The van der Waals surface area contributed by atoms with Gasteiger partial charge in [0.15, 0.2) is 0 Å². The van der Waals surface area contributed by atoms with Crippen molar-refractivity contribution in [1.29, 1.82) is 0 Å². The lowest BCUT2D eigenvalue weighted by molar-refractivity contribution is -0.126. The third-order valence-electron chi connectivity index (χ3n) is 5.41. The molecule has 3 rings (SSSR count). The first-order valence-electron chi connectivity index (χ1n) is 9.81. The summed E-state index contributed by atoms with van der Waals surface area (Å²) in [5, 5.41) is 3.12. The summed E-state index contributed by atoms with van der Waals surface area (Å²) in [4.78, 5) is 14.9. The van der Waals surface area contributed by atoms with Gasteiger partial charge < -0.3 is 10.2 Å². The Bertz CT molecular complexity index is 663. The summed E-state index contributed by atoms with van der Waals surface area (Å²) in [6.45, 7) is 6.14. The largest absolute Gasteiger partial charge is 0.356 e. The summed E-state index contributed by atoms with van der Waals surface area (Å²) in [5.74, 6) is 0.943. The number of hydrogen-bond donors (Lipinski definition) is 1. The Kier molecular flexibility index (Phi) is 6.84. The highest BCUT2D eigenvalue weighted by molar-refractivity contribution is 5.78. The summed E-state index contributed by atoms with van der Waals surface area (Å²) in [7, 11) is 0. The van der Waals surface area contributed by atoms with Crippen molar-refractivity contribution in [3.8, 4) is 0 Å². The molecule has 1 heterocycles. The molecule has 0 spiro atoms. The van der Waals surface area contributed by atoms with Gasteiger partial charge in [-0.15, -0.1) is 0 Å². The highest BCUT2D eigenvalue weighted by Gasteiger charge is 2.25. The first-order valence-corrected chi connectivity index (χ1v) is 9.81. The number of benzene rings is 2. The molecule has 2 aromatic rings. The van der Waals surface area contributed by atoms with Gasteiger partial charge in [0.05, 0.1) is 0 Å². The summed E-state index contributed by atoms with van der Waals surface area (Å²) < 4.78 is 0. The fourth-order valence-electron chi connectivity index (χ4n) is 3.77. The van der Waals surface area contributed by atoms with Gasteiger partial charge in [-0.2, -0.15) is 0 Å². The molecular weight excluding hydrogens is 320 g/mol. The van der Waals surface area contributed by atoms with Crippen molar-refractivity contribution >= 4 is 5.91 Å². The molecule has 3 heteroatoms. The van der Waals surface area contributed by atoms with Gasteiger partial charge in [-0.1, -0.05) is 67.6 Å². The molecular formula is C23H30N2O. The molecule has 26 heavy (non-hydrogen) atoms. The van der Waals surface area contributed by atoms with Crippen molar-refractivity contribution in [1.82, 2.24) is 10.2 Å². The molecule has 138 valence electrons. The van der Waals surface area contributed by atoms with E-state index < -0.39 is 0 Å². The Morgan fingerprint density at radius 1 is 1.04 bits per heavy atom. The normalized spacial score (nSPS) is 17.0. The smallest absolute Gasteiger partial charge is 0.223 e. The van der Waals surface area contributed by atoms with Crippen molar-refractivity contribution in [3.05, 3.63) is 71.8 Å². The predicted octanol–water partition coefficient (Wildman–Crippen LogP) is 3.86. The molecule has 1 unspecified atom stereocenters. The lowest BCUT2D eigenvalue weighted by Crippen LogP contribution is -2.42. The second-order valence-corrected chi connectivity index (χ2v) is 7.41. The number of hydrogen-bond acceptors (Lipinski definition) is 2. The van der Waals surface area contributed by atoms with Crippen LogP contribution in [0.2, 0.25) is 0 Å². The summed E-state index contributed by atoms with van der Waals surface area (Å²) >= 11 is 0. The van der Waals surface area contributed by atoms with E-state index in [-0.39, 0.29) is 11.8 Å². The molecule has 1 atom stereocenters. The maximum absolute atomic E-state index is 12.4. The second kappa shape index (κ2) is 9.54. The van der Waals surface area contributed by atoms with Crippen molar-refractivity contribution in [3.63, 3.8) is 0 Å². The van der Waals surface area contributed by atoms with Crippen molar-refractivity contribution in [2.45, 2.75) is 32.1 Å². The molecule has 0 saturated carbocycles. The van der Waals surface area contributed by atoms with E-state index in [2.05, 4.69) is 59.6 Å². The fraction of sp³-hybridized carbons (Fsp3) is 0.435. The molecule has 1 aliphatic rings. The highest BCUT2D eigenvalue weighted by atomic mass is 16.1. The molecule has 0 aliphatic carbocycles. The highest BCUT2D eigenvalue weighted by Crippen LogP contribution is 2.22. The van der Waals surface area contributed by atoms with Crippen LogP contribution in [0.1, 0.15) is 36.8 Å². The zero-order valence-corrected chi connectivity index (χ0v) is 15.7. The van der Waals surface area contributed by atoms with Crippen LogP contribution in [0.3, 0.4) is 0 Å². The lowest BCUT2D eigenvalue weighted by Gasteiger charge is -2.33. The average molecular weight is 351 g/mol. The predicted molar refractivity (Wildman–Crippen MR) is 107 cm³/mol. The number of carbonyl (C=O) groups excluding carboxylic acids is 1. The van der Waals surface area contributed by atoms with Crippen LogP contribution in [0.4, 0.5) is 0 Å². The molecule has 1 amide bonds. The van der Waals surface area contributed by atoms with Crippen LogP contribution in [0.5, 0.6) is 0 Å². The first kappa shape index (κ1) is 18.7. The van der Waals surface area contributed by atoms with Gasteiger partial charge in [0.1, 0.15) is 0 Å². The second-order valence-electron chi connectivity index (χ2n) is 7.41. The summed E-state index contributed by atoms with van der Waals surface area (Å²) in [5.41, 5.74) is 2.67. The summed E-state index contributed by atoms with van der Waals surface area (Å²) in [6.07, 6.45) is 2.84. The van der Waals surface area contributed by atoms with Crippen molar-refractivity contribution < 1.29 is 4.79 Å². The number of carbonyl (C=O) groups is 1. The third-order valence-corrected chi connectivity index (χ3v) is 5.41. The minimum Gasteiger partial charge on any atom is -0.356 e. The Hall–Kier alpha value is -2.13. The van der Waals surface area contributed by atoms with E-state index in [1.165, 1.54) is 11.1 Å². The summed E-state index contributed by atoms with van der Waals surface area (Å²) in [6, 6.07) is 21.0. The van der Waals surface area contributed by atoms with Crippen LogP contribution >= 0.6 is 0 Å². The van der Waals surface area contributed by atoms with Crippen molar-refractivity contribution in [2.75, 3.05) is 26.2 Å². The van der Waals surface area contributed by atoms with Gasteiger partial charge in [-0.25, -0.2) is 0 Å². The number of nitrogens with zero attached hydrogens (tertiary/aromatic N) is 1. The molecule has 1 aliphatic heterocycles.